The number of hydrogen-bond donors (Lipinski definition) is 0. The SMILES string of the molecule is CS/C(=C(/c1ccccc1)C(F)(F)F)S(C)=O. The molecule has 0 amide bonds. The van der Waals surface area contributed by atoms with Gasteiger partial charge in [-0.2, -0.15) is 13.2 Å². The van der Waals surface area contributed by atoms with Crippen LogP contribution in [0.25, 0.3) is 5.57 Å². The smallest absolute Gasteiger partial charge is 0.254 e. The Bertz CT molecular complexity index is 438. The first-order valence-electron chi connectivity index (χ1n) is 4.62. The van der Waals surface area contributed by atoms with Crippen LogP contribution in [0.15, 0.2) is 34.6 Å². The third-order valence-electron chi connectivity index (χ3n) is 2.00. The van der Waals surface area contributed by atoms with E-state index >= 15 is 0 Å². The molecule has 1 atom stereocenters. The lowest BCUT2D eigenvalue weighted by atomic mass is 10.1. The molecule has 0 radical (unpaired) electrons. The van der Waals surface area contributed by atoms with Gasteiger partial charge in [-0.15, -0.1) is 11.8 Å². The molecule has 0 heterocycles. The molecule has 1 nitrogen and oxygen atoms in total. The van der Waals surface area contributed by atoms with Crippen LogP contribution >= 0.6 is 11.8 Å². The van der Waals surface area contributed by atoms with Gasteiger partial charge in [-0.25, -0.2) is 0 Å². The van der Waals surface area contributed by atoms with Crippen LogP contribution in [0.4, 0.5) is 13.2 Å². The zero-order valence-corrected chi connectivity index (χ0v) is 10.9. The monoisotopic (exact) mass is 280 g/mol. The van der Waals surface area contributed by atoms with Gasteiger partial charge < -0.3 is 0 Å². The summed E-state index contributed by atoms with van der Waals surface area (Å²) in [5.41, 5.74) is -0.772. The fourth-order valence-electron chi connectivity index (χ4n) is 1.37. The quantitative estimate of drug-likeness (QED) is 0.840. The van der Waals surface area contributed by atoms with Crippen molar-refractivity contribution in [1.29, 1.82) is 0 Å². The molecule has 1 aromatic rings. The zero-order valence-electron chi connectivity index (χ0n) is 9.25. The van der Waals surface area contributed by atoms with Gasteiger partial charge in [0.05, 0.1) is 20.6 Å². The number of allylic oxidation sites excluding steroid dienone is 1. The molecule has 0 saturated carbocycles. The van der Waals surface area contributed by atoms with Gasteiger partial charge in [0.15, 0.2) is 0 Å². The number of hydrogen-bond acceptors (Lipinski definition) is 2. The highest BCUT2D eigenvalue weighted by Gasteiger charge is 2.38. The van der Waals surface area contributed by atoms with Crippen molar-refractivity contribution in [3.05, 3.63) is 40.1 Å². The molecule has 0 spiro atoms. The molecular weight excluding hydrogens is 269 g/mol. The molecule has 0 aliphatic rings. The van der Waals surface area contributed by atoms with E-state index in [1.165, 1.54) is 36.8 Å². The lowest BCUT2D eigenvalue weighted by Gasteiger charge is -2.15. The fourth-order valence-corrected chi connectivity index (χ4v) is 3.26. The highest BCUT2D eigenvalue weighted by atomic mass is 32.2. The Hall–Kier alpha value is -0.750. The number of halogens is 3. The lowest BCUT2D eigenvalue weighted by molar-refractivity contribution is -0.0689. The van der Waals surface area contributed by atoms with Gasteiger partial charge in [0.2, 0.25) is 0 Å². The van der Waals surface area contributed by atoms with Crippen LogP contribution in [-0.4, -0.2) is 22.9 Å². The molecule has 0 aliphatic carbocycles. The Labute approximate surface area is 105 Å². The first-order valence-corrected chi connectivity index (χ1v) is 7.40. The molecule has 1 aromatic carbocycles. The van der Waals surface area contributed by atoms with Gasteiger partial charge in [0.25, 0.3) is 0 Å². The first-order chi connectivity index (χ1) is 7.88. The van der Waals surface area contributed by atoms with Crippen molar-refractivity contribution in [3.8, 4) is 0 Å². The second-order valence-electron chi connectivity index (χ2n) is 3.18. The normalized spacial score (nSPS) is 15.4. The van der Waals surface area contributed by atoms with Crippen LogP contribution < -0.4 is 0 Å². The summed E-state index contributed by atoms with van der Waals surface area (Å²) in [6, 6.07) is 7.42. The summed E-state index contributed by atoms with van der Waals surface area (Å²) in [6.45, 7) is 0. The van der Waals surface area contributed by atoms with Crippen LogP contribution in [0.5, 0.6) is 0 Å². The van der Waals surface area contributed by atoms with E-state index in [1.807, 2.05) is 0 Å². The molecule has 17 heavy (non-hydrogen) atoms. The molecule has 6 heteroatoms. The van der Waals surface area contributed by atoms with Crippen LogP contribution in [0.3, 0.4) is 0 Å². The summed E-state index contributed by atoms with van der Waals surface area (Å²) in [5.74, 6) is 0. The standard InChI is InChI=1S/C11H11F3OS2/c1-16-10(17(2)15)9(11(12,13)14)8-6-4-3-5-7-8/h3-7H,1-2H3/b10-9+. The van der Waals surface area contributed by atoms with E-state index in [9.17, 15) is 17.4 Å². The average Bonchev–Trinajstić information content (AvgIpc) is 2.24. The van der Waals surface area contributed by atoms with E-state index in [0.29, 0.717) is 0 Å². The summed E-state index contributed by atoms with van der Waals surface area (Å²) >= 11 is 0.867. The third-order valence-corrected chi connectivity index (χ3v) is 4.50. The van der Waals surface area contributed by atoms with Crippen molar-refractivity contribution in [1.82, 2.24) is 0 Å². The van der Waals surface area contributed by atoms with Gasteiger partial charge in [0.1, 0.15) is 0 Å². The van der Waals surface area contributed by atoms with Crippen molar-refractivity contribution >= 4 is 28.1 Å². The molecule has 0 aromatic heterocycles. The van der Waals surface area contributed by atoms with Crippen molar-refractivity contribution < 1.29 is 17.4 Å². The molecule has 0 N–H and O–H groups in total. The first kappa shape index (κ1) is 14.3. The Balaban J connectivity index is 3.47. The molecule has 1 unspecified atom stereocenters. The number of rotatable bonds is 3. The van der Waals surface area contributed by atoms with E-state index in [0.717, 1.165) is 11.8 Å². The van der Waals surface area contributed by atoms with Crippen LogP contribution in [-0.2, 0) is 10.8 Å². The molecular formula is C11H11F3OS2. The summed E-state index contributed by atoms with van der Waals surface area (Å²) in [5, 5.41) is 0. The largest absolute Gasteiger partial charge is 0.418 e. The second-order valence-corrected chi connectivity index (χ2v) is 5.58. The molecule has 94 valence electrons. The number of thioether (sulfide) groups is 1. The lowest BCUT2D eigenvalue weighted by Crippen LogP contribution is -2.14. The van der Waals surface area contributed by atoms with E-state index in [1.54, 1.807) is 6.07 Å². The fraction of sp³-hybridized carbons (Fsp3) is 0.273. The topological polar surface area (TPSA) is 17.1 Å². The van der Waals surface area contributed by atoms with Gasteiger partial charge in [-0.3, -0.25) is 4.21 Å². The second kappa shape index (κ2) is 5.73. The van der Waals surface area contributed by atoms with Crippen molar-refractivity contribution in [2.45, 2.75) is 6.18 Å². The van der Waals surface area contributed by atoms with Gasteiger partial charge in [-0.05, 0) is 11.8 Å². The molecule has 1 rings (SSSR count). The Morgan fingerprint density at radius 3 is 2.12 bits per heavy atom. The van der Waals surface area contributed by atoms with Crippen LogP contribution in [0.2, 0.25) is 0 Å². The molecule has 0 fully saturated rings. The predicted octanol–water partition coefficient (Wildman–Crippen LogP) is 3.66. The maximum Gasteiger partial charge on any atom is 0.418 e. The third kappa shape index (κ3) is 3.61. The highest BCUT2D eigenvalue weighted by molar-refractivity contribution is 8.16. The van der Waals surface area contributed by atoms with Gasteiger partial charge in [0, 0.05) is 6.26 Å². The Morgan fingerprint density at radius 2 is 1.76 bits per heavy atom. The number of benzene rings is 1. The zero-order chi connectivity index (χ0) is 13.1. The van der Waals surface area contributed by atoms with Crippen molar-refractivity contribution in [3.63, 3.8) is 0 Å². The summed E-state index contributed by atoms with van der Waals surface area (Å²) in [7, 11) is -1.66. The maximum absolute atomic E-state index is 13.0. The number of alkyl halides is 3. The van der Waals surface area contributed by atoms with E-state index in [2.05, 4.69) is 0 Å². The summed E-state index contributed by atoms with van der Waals surface area (Å²) in [6.07, 6.45) is -1.77. The minimum absolute atomic E-state index is 0.0413. The van der Waals surface area contributed by atoms with E-state index < -0.39 is 22.5 Å². The molecule has 0 saturated heterocycles. The highest BCUT2D eigenvalue weighted by Crippen LogP contribution is 2.40. The predicted molar refractivity (Wildman–Crippen MR) is 67.0 cm³/mol. The van der Waals surface area contributed by atoms with Gasteiger partial charge >= 0.3 is 6.18 Å². The maximum atomic E-state index is 13.0. The van der Waals surface area contributed by atoms with Crippen molar-refractivity contribution in [2.24, 2.45) is 0 Å². The average molecular weight is 280 g/mol. The van der Waals surface area contributed by atoms with Crippen LogP contribution in [0, 0.1) is 0 Å². The molecule has 0 aliphatic heterocycles. The molecule has 0 bridgehead atoms. The van der Waals surface area contributed by atoms with Crippen LogP contribution in [0.1, 0.15) is 5.56 Å². The summed E-state index contributed by atoms with van der Waals surface area (Å²) < 4.78 is 50.2. The minimum atomic E-state index is -4.51. The summed E-state index contributed by atoms with van der Waals surface area (Å²) in [4.78, 5) is 0. The Kier molecular flexibility index (Phi) is 4.82. The minimum Gasteiger partial charge on any atom is -0.254 e. The Morgan fingerprint density at radius 1 is 1.24 bits per heavy atom. The van der Waals surface area contributed by atoms with E-state index in [4.69, 9.17) is 0 Å². The van der Waals surface area contributed by atoms with Crippen molar-refractivity contribution in [2.75, 3.05) is 12.5 Å². The van der Waals surface area contributed by atoms with E-state index in [-0.39, 0.29) is 9.80 Å². The van der Waals surface area contributed by atoms with Gasteiger partial charge in [-0.1, -0.05) is 30.3 Å².